The third-order valence-electron chi connectivity index (χ3n) is 8.05. The van der Waals surface area contributed by atoms with Gasteiger partial charge in [-0.15, -0.1) is 0 Å². The summed E-state index contributed by atoms with van der Waals surface area (Å²) in [5, 5.41) is 24.3. The Bertz CT molecular complexity index is 1250. The molecule has 0 saturated carbocycles. The number of amides is 1. The molecule has 0 bridgehead atoms. The second-order valence-electron chi connectivity index (χ2n) is 9.97. The minimum absolute atomic E-state index is 0.00306. The fourth-order valence-electron chi connectivity index (χ4n) is 6.41. The number of aliphatic hydroxyl groups excluding tert-OH is 1. The van der Waals surface area contributed by atoms with Crippen molar-refractivity contribution in [3.63, 3.8) is 0 Å². The highest BCUT2D eigenvalue weighted by Gasteiger charge is 2.72. The van der Waals surface area contributed by atoms with E-state index in [1.165, 1.54) is 13.0 Å². The van der Waals surface area contributed by atoms with Gasteiger partial charge in [-0.2, -0.15) is 0 Å². The first-order chi connectivity index (χ1) is 18.1. The van der Waals surface area contributed by atoms with Gasteiger partial charge in [0.15, 0.2) is 11.5 Å². The number of carboxylic acid groups (broad SMARTS) is 1. The van der Waals surface area contributed by atoms with Crippen LogP contribution in [0.1, 0.15) is 28.9 Å². The van der Waals surface area contributed by atoms with Crippen LogP contribution in [0, 0.1) is 5.92 Å². The van der Waals surface area contributed by atoms with Crippen molar-refractivity contribution in [1.82, 2.24) is 20.4 Å². The van der Waals surface area contributed by atoms with Crippen molar-refractivity contribution < 1.29 is 34.1 Å². The maximum atomic E-state index is 14.0. The standard InChI is InChI=1S/C25H28N4O5.CH3NO2/c1-13(31)14-3-5-15(6-4-14)19-10-26-7-8-28(19)18-9-20(32)22-21(23(18)33)16(12-30)25(34-2)24-17(27-24)11-29(22)25;2-1(3)4/h3-6,9,16-17,19,24,26-27,30H,7-8,10-12H2,1-2H3;2H2,(H,3,4). The van der Waals surface area contributed by atoms with Gasteiger partial charge < -0.3 is 41.1 Å². The van der Waals surface area contributed by atoms with Crippen molar-refractivity contribution in [2.45, 2.75) is 30.8 Å². The summed E-state index contributed by atoms with van der Waals surface area (Å²) in [6, 6.07) is 7.41. The Morgan fingerprint density at radius 1 is 1.24 bits per heavy atom. The lowest BCUT2D eigenvalue weighted by Crippen LogP contribution is -2.54. The number of nitrogens with two attached hydrogens (primary N) is 1. The summed E-state index contributed by atoms with van der Waals surface area (Å²) in [7, 11) is 1.58. The molecule has 1 aliphatic carbocycles. The maximum absolute atomic E-state index is 14.0. The van der Waals surface area contributed by atoms with E-state index in [4.69, 9.17) is 14.6 Å². The van der Waals surface area contributed by atoms with Crippen molar-refractivity contribution in [2.75, 3.05) is 39.9 Å². The summed E-state index contributed by atoms with van der Waals surface area (Å²) in [5.41, 5.74) is 5.80. The normalized spacial score (nSPS) is 31.2. The number of aliphatic hydroxyl groups is 1. The molecule has 38 heavy (non-hydrogen) atoms. The van der Waals surface area contributed by atoms with Crippen LogP contribution in [0.2, 0.25) is 0 Å². The molecular weight excluding hydrogens is 494 g/mol. The zero-order valence-corrected chi connectivity index (χ0v) is 21.1. The van der Waals surface area contributed by atoms with E-state index in [2.05, 4.69) is 16.4 Å². The van der Waals surface area contributed by atoms with Gasteiger partial charge in [-0.3, -0.25) is 14.4 Å². The third-order valence-corrected chi connectivity index (χ3v) is 8.05. The molecule has 0 spiro atoms. The number of carbonyl (C=O) groups is 4. The molecule has 6 rings (SSSR count). The molecule has 1 amide bonds. The van der Waals surface area contributed by atoms with Gasteiger partial charge in [-0.05, 0) is 12.5 Å². The van der Waals surface area contributed by atoms with Crippen molar-refractivity contribution in [3.05, 3.63) is 58.4 Å². The number of fused-ring (bicyclic) bond motifs is 4. The molecule has 4 heterocycles. The predicted octanol–water partition coefficient (Wildman–Crippen LogP) is -0.631. The van der Waals surface area contributed by atoms with E-state index in [0.29, 0.717) is 48.7 Å². The number of methoxy groups -OCH3 is 1. The average Bonchev–Trinajstić information content (AvgIpc) is 3.50. The monoisotopic (exact) mass is 525 g/mol. The molecule has 4 aliphatic heterocycles. The zero-order chi connectivity index (χ0) is 27.4. The van der Waals surface area contributed by atoms with Crippen LogP contribution in [0.5, 0.6) is 0 Å². The quantitative estimate of drug-likeness (QED) is 0.187. The van der Waals surface area contributed by atoms with Gasteiger partial charge in [-0.25, -0.2) is 4.79 Å². The van der Waals surface area contributed by atoms with Gasteiger partial charge in [0.2, 0.25) is 11.6 Å². The van der Waals surface area contributed by atoms with E-state index in [1.54, 1.807) is 19.2 Å². The van der Waals surface area contributed by atoms with Crippen LogP contribution in [0.3, 0.4) is 0 Å². The van der Waals surface area contributed by atoms with E-state index < -0.39 is 17.7 Å². The van der Waals surface area contributed by atoms with E-state index in [9.17, 15) is 19.5 Å². The number of Topliss-reactive ketones (excluding diaryl/α,β-unsaturated/α-hetero) is 2. The third kappa shape index (κ3) is 3.91. The first kappa shape index (κ1) is 26.0. The fraction of sp³-hybridized carbons (Fsp3) is 0.462. The highest BCUT2D eigenvalue weighted by molar-refractivity contribution is 6.23. The second kappa shape index (κ2) is 9.62. The number of rotatable bonds is 5. The lowest BCUT2D eigenvalue weighted by Gasteiger charge is -2.40. The number of hydrogen-bond donors (Lipinski definition) is 5. The Morgan fingerprint density at radius 2 is 1.92 bits per heavy atom. The second-order valence-corrected chi connectivity index (χ2v) is 9.97. The first-order valence-corrected chi connectivity index (χ1v) is 12.5. The maximum Gasteiger partial charge on any atom is 0.402 e. The van der Waals surface area contributed by atoms with Gasteiger partial charge in [0.25, 0.3) is 0 Å². The fourth-order valence-corrected chi connectivity index (χ4v) is 6.41. The number of ketones is 3. The molecule has 12 nitrogen and oxygen atoms in total. The number of nitrogens with one attached hydrogen (secondary N) is 2. The van der Waals surface area contributed by atoms with Crippen LogP contribution in [0.15, 0.2) is 47.3 Å². The number of nitrogens with zero attached hydrogens (tertiary/aromatic N) is 2. The molecule has 5 unspecified atom stereocenters. The van der Waals surface area contributed by atoms with Crippen LogP contribution < -0.4 is 16.4 Å². The molecule has 5 aliphatic rings. The Hall–Kier alpha value is -3.58. The van der Waals surface area contributed by atoms with Crippen molar-refractivity contribution in [1.29, 1.82) is 0 Å². The lowest BCUT2D eigenvalue weighted by atomic mass is 9.83. The molecule has 3 fully saturated rings. The smallest absolute Gasteiger partial charge is 0.402 e. The lowest BCUT2D eigenvalue weighted by molar-refractivity contribution is -0.136. The predicted molar refractivity (Wildman–Crippen MR) is 134 cm³/mol. The zero-order valence-electron chi connectivity index (χ0n) is 21.1. The van der Waals surface area contributed by atoms with Gasteiger partial charge in [0.1, 0.15) is 0 Å². The van der Waals surface area contributed by atoms with Gasteiger partial charge >= 0.3 is 6.09 Å². The van der Waals surface area contributed by atoms with E-state index in [1.807, 2.05) is 21.9 Å². The van der Waals surface area contributed by atoms with E-state index in [0.717, 1.165) is 5.56 Å². The van der Waals surface area contributed by atoms with E-state index in [-0.39, 0.29) is 42.1 Å². The topological polar surface area (TPSA) is 184 Å². The molecule has 0 radical (unpaired) electrons. The number of hydrogen-bond acceptors (Lipinski definition) is 10. The highest BCUT2D eigenvalue weighted by atomic mass is 16.5. The SMILES string of the molecule is COC12C(CO)C3=C(C(=O)C=C(N4CCNCC4c4ccc(C(C)=O)cc4)C3=O)N1CC1NC12.NC(=O)O. The Morgan fingerprint density at radius 3 is 2.53 bits per heavy atom. The summed E-state index contributed by atoms with van der Waals surface area (Å²) < 4.78 is 5.95. The van der Waals surface area contributed by atoms with Crippen LogP contribution in [0.25, 0.3) is 0 Å². The average molecular weight is 526 g/mol. The molecule has 1 aromatic rings. The van der Waals surface area contributed by atoms with Crippen molar-refractivity contribution in [2.24, 2.45) is 11.7 Å². The highest BCUT2D eigenvalue weighted by Crippen LogP contribution is 2.55. The minimum atomic E-state index is -1.33. The van der Waals surface area contributed by atoms with Crippen molar-refractivity contribution >= 4 is 23.4 Å². The molecule has 1 aromatic carbocycles. The molecule has 6 N–H and O–H groups in total. The first-order valence-electron chi connectivity index (χ1n) is 12.5. The molecule has 202 valence electrons. The molecule has 0 aromatic heterocycles. The van der Waals surface area contributed by atoms with Crippen molar-refractivity contribution in [3.8, 4) is 0 Å². The summed E-state index contributed by atoms with van der Waals surface area (Å²) in [6.45, 7) is 3.67. The number of carbonyl (C=O) groups excluding carboxylic acids is 3. The van der Waals surface area contributed by atoms with Crippen LogP contribution in [-0.4, -0.2) is 101 Å². The number of ether oxygens (including phenoxy) is 1. The van der Waals surface area contributed by atoms with E-state index >= 15 is 0 Å². The van der Waals surface area contributed by atoms with Crippen LogP contribution in [0.4, 0.5) is 4.79 Å². The minimum Gasteiger partial charge on any atom is -0.465 e. The number of primary amides is 1. The van der Waals surface area contributed by atoms with Gasteiger partial charge in [-0.1, -0.05) is 24.3 Å². The number of allylic oxidation sites excluding steroid dienone is 2. The molecular formula is C26H31N5O7. The molecule has 12 heteroatoms. The van der Waals surface area contributed by atoms with Gasteiger partial charge in [0.05, 0.1) is 36.0 Å². The Kier molecular flexibility index (Phi) is 6.59. The largest absolute Gasteiger partial charge is 0.465 e. The molecule has 3 saturated heterocycles. The Balaban J connectivity index is 0.000000689. The van der Waals surface area contributed by atoms with Crippen LogP contribution >= 0.6 is 0 Å². The summed E-state index contributed by atoms with van der Waals surface area (Å²) in [4.78, 5) is 51.8. The van der Waals surface area contributed by atoms with Gasteiger partial charge in [0, 0.05) is 56.5 Å². The summed E-state index contributed by atoms with van der Waals surface area (Å²) >= 11 is 0. The summed E-state index contributed by atoms with van der Waals surface area (Å²) in [6.07, 6.45) is 0.126. The molecule has 5 atom stereocenters. The Labute approximate surface area is 219 Å². The number of benzene rings is 1. The number of piperazine rings is 2. The summed E-state index contributed by atoms with van der Waals surface area (Å²) in [5.74, 6) is -1.04. The van der Waals surface area contributed by atoms with Crippen LogP contribution in [-0.2, 0) is 14.3 Å².